The molecule has 22 heavy (non-hydrogen) atoms. The summed E-state index contributed by atoms with van der Waals surface area (Å²) in [4.78, 5) is 13.7. The number of amides is 1. The summed E-state index contributed by atoms with van der Waals surface area (Å²) in [5, 5.41) is 0. The zero-order chi connectivity index (χ0) is 17.0. The minimum atomic E-state index is -3.24. The molecule has 0 fully saturated rings. The Bertz CT molecular complexity index is 621. The van der Waals surface area contributed by atoms with E-state index in [2.05, 4.69) is 0 Å². The summed E-state index contributed by atoms with van der Waals surface area (Å²) in [5.74, 6) is 0.364. The van der Waals surface area contributed by atoms with Crippen LogP contribution in [0.5, 0.6) is 5.75 Å². The molecule has 2 N–H and O–H groups in total. The van der Waals surface area contributed by atoms with Crippen LogP contribution < -0.4 is 10.5 Å². The smallest absolute Gasteiger partial charge is 0.241 e. The van der Waals surface area contributed by atoms with Crippen molar-refractivity contribution < 1.29 is 17.9 Å². The van der Waals surface area contributed by atoms with Gasteiger partial charge in [-0.2, -0.15) is 0 Å². The number of hydrogen-bond acceptors (Lipinski definition) is 5. The third kappa shape index (κ3) is 5.65. The molecule has 0 aliphatic heterocycles. The van der Waals surface area contributed by atoms with Crippen molar-refractivity contribution in [1.82, 2.24) is 4.90 Å². The van der Waals surface area contributed by atoms with Crippen molar-refractivity contribution in [3.8, 4) is 5.75 Å². The second kappa shape index (κ2) is 7.11. The van der Waals surface area contributed by atoms with E-state index < -0.39 is 15.4 Å². The van der Waals surface area contributed by atoms with Crippen LogP contribution in [-0.4, -0.2) is 51.2 Å². The number of benzene rings is 1. The topological polar surface area (TPSA) is 89.7 Å². The van der Waals surface area contributed by atoms with Crippen LogP contribution in [0.2, 0.25) is 0 Å². The number of nitrogens with zero attached hydrogens (tertiary/aromatic N) is 1. The van der Waals surface area contributed by atoms with Crippen molar-refractivity contribution >= 4 is 15.7 Å². The van der Waals surface area contributed by atoms with E-state index in [9.17, 15) is 13.2 Å². The fourth-order valence-corrected chi connectivity index (χ4v) is 2.54. The Kier molecular flexibility index (Phi) is 5.96. The molecule has 1 aromatic rings. The predicted molar refractivity (Wildman–Crippen MR) is 85.6 cm³/mol. The lowest BCUT2D eigenvalue weighted by molar-refractivity contribution is -0.134. The Hall–Kier alpha value is -1.60. The monoisotopic (exact) mass is 328 g/mol. The van der Waals surface area contributed by atoms with Gasteiger partial charge in [0, 0.05) is 19.8 Å². The number of sulfone groups is 1. The van der Waals surface area contributed by atoms with E-state index in [1.54, 1.807) is 37.9 Å². The van der Waals surface area contributed by atoms with Crippen LogP contribution in [0.25, 0.3) is 0 Å². The molecule has 0 aliphatic rings. The maximum atomic E-state index is 11.9. The summed E-state index contributed by atoms with van der Waals surface area (Å²) >= 11 is 0. The highest BCUT2D eigenvalue weighted by molar-refractivity contribution is 7.90. The molecule has 0 unspecified atom stereocenters. The number of likely N-dealkylation sites (N-methyl/N-ethyl adjacent to an activating group) is 1. The molecular weight excluding hydrogens is 304 g/mol. The third-order valence-corrected chi connectivity index (χ3v) is 4.15. The van der Waals surface area contributed by atoms with E-state index >= 15 is 0 Å². The Balaban J connectivity index is 2.47. The predicted octanol–water partition coefficient (Wildman–Crippen LogP) is 1.05. The molecule has 0 saturated heterocycles. The molecule has 0 heterocycles. The minimum absolute atomic E-state index is 0.133. The van der Waals surface area contributed by atoms with Gasteiger partial charge in [-0.25, -0.2) is 8.42 Å². The van der Waals surface area contributed by atoms with E-state index in [1.165, 1.54) is 12.1 Å². The fourth-order valence-electron chi connectivity index (χ4n) is 1.88. The first-order valence-electron chi connectivity index (χ1n) is 6.99. The molecule has 1 amide bonds. The summed E-state index contributed by atoms with van der Waals surface area (Å²) in [6.07, 6.45) is 1.78. The van der Waals surface area contributed by atoms with Gasteiger partial charge >= 0.3 is 0 Å². The van der Waals surface area contributed by atoms with Crippen LogP contribution in [-0.2, 0) is 14.6 Å². The van der Waals surface area contributed by atoms with E-state index in [-0.39, 0.29) is 10.8 Å². The zero-order valence-corrected chi connectivity index (χ0v) is 14.3. The highest BCUT2D eigenvalue weighted by Crippen LogP contribution is 2.17. The number of carbonyl (C=O) groups is 1. The SMILES string of the molecule is CN(CCCOc1cccc(S(C)(=O)=O)c1)C(=O)C(C)(C)N. The van der Waals surface area contributed by atoms with Gasteiger partial charge in [-0.1, -0.05) is 6.07 Å². The molecule has 6 nitrogen and oxygen atoms in total. The minimum Gasteiger partial charge on any atom is -0.493 e. The molecule has 1 aromatic carbocycles. The summed E-state index contributed by atoms with van der Waals surface area (Å²) < 4.78 is 28.4. The molecular formula is C15H24N2O4S. The summed E-state index contributed by atoms with van der Waals surface area (Å²) in [7, 11) is -1.55. The van der Waals surface area contributed by atoms with Crippen molar-refractivity contribution in [1.29, 1.82) is 0 Å². The maximum absolute atomic E-state index is 11.9. The highest BCUT2D eigenvalue weighted by Gasteiger charge is 2.25. The first-order valence-corrected chi connectivity index (χ1v) is 8.88. The lowest BCUT2D eigenvalue weighted by Gasteiger charge is -2.25. The molecule has 0 radical (unpaired) electrons. The fraction of sp³-hybridized carbons (Fsp3) is 0.533. The number of carbonyl (C=O) groups excluding carboxylic acids is 1. The van der Waals surface area contributed by atoms with E-state index in [0.29, 0.717) is 25.3 Å². The van der Waals surface area contributed by atoms with Crippen molar-refractivity contribution in [2.75, 3.05) is 26.5 Å². The van der Waals surface area contributed by atoms with Crippen LogP contribution in [0.4, 0.5) is 0 Å². The van der Waals surface area contributed by atoms with Crippen molar-refractivity contribution in [2.45, 2.75) is 30.7 Å². The number of ether oxygens (including phenoxy) is 1. The quantitative estimate of drug-likeness (QED) is 0.756. The summed E-state index contributed by atoms with van der Waals surface area (Å²) in [5.41, 5.74) is 4.86. The normalized spacial score (nSPS) is 12.0. The van der Waals surface area contributed by atoms with Gasteiger partial charge in [0.25, 0.3) is 0 Å². The van der Waals surface area contributed by atoms with Crippen LogP contribution in [0, 0.1) is 0 Å². The van der Waals surface area contributed by atoms with Crippen LogP contribution in [0.15, 0.2) is 29.2 Å². The zero-order valence-electron chi connectivity index (χ0n) is 13.5. The Morgan fingerprint density at radius 1 is 1.36 bits per heavy atom. The Morgan fingerprint density at radius 2 is 2.00 bits per heavy atom. The summed E-state index contributed by atoms with van der Waals surface area (Å²) in [6, 6.07) is 6.36. The van der Waals surface area contributed by atoms with Gasteiger partial charge in [-0.15, -0.1) is 0 Å². The van der Waals surface area contributed by atoms with Crippen molar-refractivity contribution in [3.05, 3.63) is 24.3 Å². The molecule has 0 saturated carbocycles. The molecule has 0 spiro atoms. The standard InChI is InChI=1S/C15H24N2O4S/c1-15(2,16)14(18)17(3)9-6-10-21-12-7-5-8-13(11-12)22(4,19)20/h5,7-8,11H,6,9-10,16H2,1-4H3. The first kappa shape index (κ1) is 18.4. The summed E-state index contributed by atoms with van der Waals surface area (Å²) in [6.45, 7) is 4.24. The second-order valence-corrected chi connectivity index (χ2v) is 7.91. The van der Waals surface area contributed by atoms with Gasteiger partial charge in [0.15, 0.2) is 9.84 Å². The molecule has 0 aliphatic carbocycles. The number of hydrogen-bond donors (Lipinski definition) is 1. The van der Waals surface area contributed by atoms with Crippen molar-refractivity contribution in [3.63, 3.8) is 0 Å². The molecule has 0 atom stereocenters. The number of rotatable bonds is 7. The van der Waals surface area contributed by atoms with Gasteiger partial charge in [0.05, 0.1) is 17.0 Å². The van der Waals surface area contributed by atoms with E-state index in [1.807, 2.05) is 0 Å². The maximum Gasteiger partial charge on any atom is 0.241 e. The molecule has 0 bridgehead atoms. The highest BCUT2D eigenvalue weighted by atomic mass is 32.2. The van der Waals surface area contributed by atoms with Crippen LogP contribution >= 0.6 is 0 Å². The van der Waals surface area contributed by atoms with E-state index in [4.69, 9.17) is 10.5 Å². The van der Waals surface area contributed by atoms with Crippen LogP contribution in [0.1, 0.15) is 20.3 Å². The average molecular weight is 328 g/mol. The van der Waals surface area contributed by atoms with Crippen LogP contribution in [0.3, 0.4) is 0 Å². The van der Waals surface area contributed by atoms with Gasteiger partial charge in [0.2, 0.25) is 5.91 Å². The Labute approximate surface area is 132 Å². The second-order valence-electron chi connectivity index (χ2n) is 5.90. The van der Waals surface area contributed by atoms with Gasteiger partial charge in [-0.05, 0) is 38.5 Å². The number of nitrogens with two attached hydrogens (primary N) is 1. The molecule has 1 rings (SSSR count). The van der Waals surface area contributed by atoms with Gasteiger partial charge in [0.1, 0.15) is 5.75 Å². The average Bonchev–Trinajstić information content (AvgIpc) is 2.41. The molecule has 0 aromatic heterocycles. The van der Waals surface area contributed by atoms with E-state index in [0.717, 1.165) is 6.26 Å². The molecule has 124 valence electrons. The van der Waals surface area contributed by atoms with Gasteiger partial charge in [-0.3, -0.25) is 4.79 Å². The largest absolute Gasteiger partial charge is 0.493 e. The lowest BCUT2D eigenvalue weighted by Crippen LogP contribution is -2.50. The van der Waals surface area contributed by atoms with Gasteiger partial charge < -0.3 is 15.4 Å². The Morgan fingerprint density at radius 3 is 2.55 bits per heavy atom. The lowest BCUT2D eigenvalue weighted by atomic mass is 10.1. The van der Waals surface area contributed by atoms with Crippen molar-refractivity contribution in [2.24, 2.45) is 5.73 Å². The molecule has 7 heteroatoms. The first-order chi connectivity index (χ1) is 10.0. The third-order valence-electron chi connectivity index (χ3n) is 3.04.